The maximum absolute atomic E-state index is 9.46. The van der Waals surface area contributed by atoms with Crippen LogP contribution in [-0.4, -0.2) is 55.1 Å². The summed E-state index contributed by atoms with van der Waals surface area (Å²) >= 11 is 5.96. The number of oxazole rings is 2. The molecule has 248 valence electrons. The van der Waals surface area contributed by atoms with Crippen molar-refractivity contribution in [1.82, 2.24) is 9.97 Å². The number of aliphatic hydroxyl groups is 1. The summed E-state index contributed by atoms with van der Waals surface area (Å²) < 4.78 is 44.3. The molecule has 0 amide bonds. The fourth-order valence-electron chi connectivity index (χ4n) is 4.96. The number of aliphatic hydroxyl groups excluding tert-OH is 1. The average molecular weight is 657 g/mol. The van der Waals surface area contributed by atoms with Gasteiger partial charge in [-0.2, -0.15) is 0 Å². The number of methoxy groups -OCH3 is 2. The van der Waals surface area contributed by atoms with Crippen LogP contribution in [0.2, 0.25) is 0 Å². The lowest BCUT2D eigenvalue weighted by Gasteiger charge is -2.22. The predicted molar refractivity (Wildman–Crippen MR) is 169 cm³/mol. The highest BCUT2D eigenvalue weighted by Gasteiger charge is 2.20. The minimum Gasteiger partial charge on any atom is -0.497 e. The first-order valence-corrected chi connectivity index (χ1v) is 16.0. The van der Waals surface area contributed by atoms with Gasteiger partial charge in [0, 0.05) is 24.3 Å². The molecular weight excluding hydrogens is 616 g/mol. The summed E-state index contributed by atoms with van der Waals surface area (Å²) in [6, 6.07) is 14.9. The first kappa shape index (κ1) is 33.9. The van der Waals surface area contributed by atoms with Crippen molar-refractivity contribution in [3.8, 4) is 34.4 Å². The third-order valence-corrected chi connectivity index (χ3v) is 7.83. The highest BCUT2D eigenvalue weighted by atomic mass is 35.5. The second-order valence-electron chi connectivity index (χ2n) is 10.7. The van der Waals surface area contributed by atoms with Gasteiger partial charge in [-0.15, -0.1) is 11.6 Å². The van der Waals surface area contributed by atoms with E-state index < -0.39 is 0 Å². The van der Waals surface area contributed by atoms with Crippen LogP contribution in [0, 0.1) is 0 Å². The van der Waals surface area contributed by atoms with Gasteiger partial charge < -0.3 is 42.4 Å². The lowest BCUT2D eigenvalue weighted by molar-refractivity contribution is -0.169. The van der Waals surface area contributed by atoms with E-state index in [1.165, 1.54) is 0 Å². The Kier molecular flexibility index (Phi) is 12.9. The zero-order valence-electron chi connectivity index (χ0n) is 26.2. The Morgan fingerprint density at radius 2 is 1.15 bits per heavy atom. The van der Waals surface area contributed by atoms with Crippen LogP contribution in [0.25, 0.3) is 22.9 Å². The van der Waals surface area contributed by atoms with E-state index in [4.69, 9.17) is 48.9 Å². The van der Waals surface area contributed by atoms with Gasteiger partial charge in [-0.1, -0.05) is 0 Å². The molecule has 2 unspecified atom stereocenters. The molecule has 2 saturated heterocycles. The first-order valence-electron chi connectivity index (χ1n) is 15.5. The first-order chi connectivity index (χ1) is 22.6. The fraction of sp³-hybridized carbons (Fsp3) is 0.471. The van der Waals surface area contributed by atoms with Gasteiger partial charge in [-0.25, -0.2) is 9.97 Å². The standard InChI is InChI=1S/C17H20ClNO4.C17H21NO5/c1-20-13-7-5-12(6-8-13)17-19-14(15(10-18)23-17)11-22-16-4-2-3-9-21-16;1-20-13-7-5-12(6-8-13)17-18-14(15(10-19)23-17)11-22-16-4-2-3-9-21-16/h5-8,16H,2-4,9-11H2,1H3;5-8,16,19H,2-4,9-11H2,1H3. The molecule has 6 rings (SSSR count). The number of aromatic nitrogens is 2. The molecule has 2 atom stereocenters. The van der Waals surface area contributed by atoms with Crippen LogP contribution in [0.3, 0.4) is 0 Å². The number of alkyl halides is 1. The zero-order chi connectivity index (χ0) is 32.1. The molecule has 2 aliphatic heterocycles. The topological polar surface area (TPSA) is 128 Å². The van der Waals surface area contributed by atoms with E-state index in [2.05, 4.69) is 9.97 Å². The van der Waals surface area contributed by atoms with Gasteiger partial charge in [0.1, 0.15) is 35.3 Å². The Morgan fingerprint density at radius 1 is 0.696 bits per heavy atom. The highest BCUT2D eigenvalue weighted by Crippen LogP contribution is 2.28. The van der Waals surface area contributed by atoms with Gasteiger partial charge in [-0.05, 0) is 87.1 Å². The summed E-state index contributed by atoms with van der Waals surface area (Å²) in [6.07, 6.45) is 5.85. The minimum atomic E-state index is -0.215. The number of hydrogen-bond donors (Lipinski definition) is 1. The average Bonchev–Trinajstić information content (AvgIpc) is 3.75. The molecule has 2 aromatic carbocycles. The van der Waals surface area contributed by atoms with Gasteiger partial charge in [0.15, 0.2) is 18.3 Å². The summed E-state index contributed by atoms with van der Waals surface area (Å²) in [7, 11) is 3.25. The van der Waals surface area contributed by atoms with Crippen molar-refractivity contribution in [2.24, 2.45) is 0 Å². The Hall–Kier alpha value is -3.45. The van der Waals surface area contributed by atoms with Crippen molar-refractivity contribution in [2.45, 2.75) is 76.8 Å². The fourth-order valence-corrected chi connectivity index (χ4v) is 5.17. The van der Waals surface area contributed by atoms with E-state index >= 15 is 0 Å². The maximum atomic E-state index is 9.46. The number of rotatable bonds is 12. The third-order valence-electron chi connectivity index (χ3n) is 7.58. The number of halogens is 1. The maximum Gasteiger partial charge on any atom is 0.226 e. The van der Waals surface area contributed by atoms with E-state index in [1.54, 1.807) is 14.2 Å². The van der Waals surface area contributed by atoms with Crippen LogP contribution in [0.4, 0.5) is 0 Å². The largest absolute Gasteiger partial charge is 0.497 e. The molecular formula is C34H41ClN2O9. The molecule has 4 heterocycles. The molecule has 1 N–H and O–H groups in total. The Bertz CT molecular complexity index is 1350. The summed E-state index contributed by atoms with van der Waals surface area (Å²) in [4.78, 5) is 8.96. The molecule has 2 aliphatic rings. The van der Waals surface area contributed by atoms with Crippen LogP contribution in [-0.2, 0) is 44.6 Å². The van der Waals surface area contributed by atoms with Crippen molar-refractivity contribution in [2.75, 3.05) is 27.4 Å². The Labute approximate surface area is 273 Å². The number of nitrogens with zero attached hydrogens (tertiary/aromatic N) is 2. The second-order valence-corrected chi connectivity index (χ2v) is 11.0. The number of benzene rings is 2. The van der Waals surface area contributed by atoms with Crippen LogP contribution in [0.15, 0.2) is 57.4 Å². The molecule has 0 radical (unpaired) electrons. The van der Waals surface area contributed by atoms with Crippen molar-refractivity contribution < 1.29 is 42.4 Å². The van der Waals surface area contributed by atoms with Gasteiger partial charge in [0.05, 0.1) is 33.3 Å². The van der Waals surface area contributed by atoms with Crippen LogP contribution >= 0.6 is 11.6 Å². The summed E-state index contributed by atoms with van der Waals surface area (Å²) in [5.74, 6) is 3.86. The molecule has 0 spiro atoms. The van der Waals surface area contributed by atoms with E-state index in [-0.39, 0.29) is 31.7 Å². The highest BCUT2D eigenvalue weighted by molar-refractivity contribution is 6.16. The minimum absolute atomic E-state index is 0.159. The van der Waals surface area contributed by atoms with Crippen molar-refractivity contribution in [1.29, 1.82) is 0 Å². The molecule has 46 heavy (non-hydrogen) atoms. The van der Waals surface area contributed by atoms with Crippen molar-refractivity contribution in [3.63, 3.8) is 0 Å². The van der Waals surface area contributed by atoms with Crippen LogP contribution < -0.4 is 9.47 Å². The van der Waals surface area contributed by atoms with E-state index in [0.29, 0.717) is 35.6 Å². The zero-order valence-corrected chi connectivity index (χ0v) is 27.0. The second kappa shape index (κ2) is 17.5. The number of hydrogen-bond acceptors (Lipinski definition) is 11. The predicted octanol–water partition coefficient (Wildman–Crippen LogP) is 7.02. The van der Waals surface area contributed by atoms with Gasteiger partial charge in [-0.3, -0.25) is 0 Å². The quantitative estimate of drug-likeness (QED) is 0.158. The lowest BCUT2D eigenvalue weighted by Crippen LogP contribution is -2.22. The molecule has 0 saturated carbocycles. The Morgan fingerprint density at radius 3 is 1.54 bits per heavy atom. The normalized spacial score (nSPS) is 18.1. The molecule has 2 aromatic heterocycles. The monoisotopic (exact) mass is 656 g/mol. The van der Waals surface area contributed by atoms with Crippen molar-refractivity contribution in [3.05, 3.63) is 71.4 Å². The third kappa shape index (κ3) is 9.31. The van der Waals surface area contributed by atoms with Crippen LogP contribution in [0.5, 0.6) is 11.5 Å². The molecule has 12 heteroatoms. The summed E-state index contributed by atoms with van der Waals surface area (Å²) in [5, 5.41) is 9.46. The molecule has 0 bridgehead atoms. The molecule has 4 aromatic rings. The Balaban J connectivity index is 0.000000181. The van der Waals surface area contributed by atoms with E-state index in [9.17, 15) is 5.11 Å². The lowest BCUT2D eigenvalue weighted by atomic mass is 10.2. The van der Waals surface area contributed by atoms with Gasteiger partial charge in [0.2, 0.25) is 11.8 Å². The summed E-state index contributed by atoms with van der Waals surface area (Å²) in [6.45, 7) is 1.87. The molecule has 2 fully saturated rings. The SMILES string of the molecule is COc1ccc(-c2nc(COC3CCCCO3)c(CCl)o2)cc1.COc1ccc(-c2nc(COC3CCCCO3)c(CO)o2)cc1. The van der Waals surface area contributed by atoms with Crippen LogP contribution in [0.1, 0.15) is 61.4 Å². The van der Waals surface area contributed by atoms with Gasteiger partial charge in [0.25, 0.3) is 0 Å². The number of ether oxygens (including phenoxy) is 6. The molecule has 11 nitrogen and oxygen atoms in total. The smallest absolute Gasteiger partial charge is 0.226 e. The van der Waals surface area contributed by atoms with E-state index in [0.717, 1.165) is 80.1 Å². The van der Waals surface area contributed by atoms with Crippen molar-refractivity contribution >= 4 is 11.6 Å². The van der Waals surface area contributed by atoms with E-state index in [1.807, 2.05) is 48.5 Å². The molecule has 0 aliphatic carbocycles. The van der Waals surface area contributed by atoms with Gasteiger partial charge >= 0.3 is 0 Å². The summed E-state index contributed by atoms with van der Waals surface area (Å²) in [5.41, 5.74) is 3.02.